The van der Waals surface area contributed by atoms with E-state index in [2.05, 4.69) is 22.2 Å². The van der Waals surface area contributed by atoms with Gasteiger partial charge in [-0.15, -0.1) is 0 Å². The van der Waals surface area contributed by atoms with Crippen molar-refractivity contribution in [1.82, 2.24) is 0 Å². The second-order valence-corrected chi connectivity index (χ2v) is 4.71. The topological polar surface area (TPSA) is 71.1 Å². The zero-order valence-corrected chi connectivity index (χ0v) is 11.0. The molecule has 3 N–H and O–H groups in total. The van der Waals surface area contributed by atoms with Crippen molar-refractivity contribution in [3.05, 3.63) is 30.3 Å². The summed E-state index contributed by atoms with van der Waals surface area (Å²) in [5, 5.41) is 11.7. The molecule has 104 valence electrons. The molecule has 1 fully saturated rings. The summed E-state index contributed by atoms with van der Waals surface area (Å²) >= 11 is 0. The average molecular weight is 263 g/mol. The molecule has 0 aromatic heterocycles. The summed E-state index contributed by atoms with van der Waals surface area (Å²) in [4.78, 5) is 2.33. The van der Waals surface area contributed by atoms with Gasteiger partial charge >= 0.3 is 0 Å². The number of nitrogens with zero attached hydrogens (tertiary/aromatic N) is 2. The van der Waals surface area contributed by atoms with Gasteiger partial charge in [-0.2, -0.15) is 0 Å². The molecular weight excluding hydrogens is 242 g/mol. The Bertz CT molecular complexity index is 402. The normalized spacial score (nSPS) is 17.4. The Labute approximate surface area is 113 Å². The van der Waals surface area contributed by atoms with E-state index in [9.17, 15) is 0 Å². The van der Waals surface area contributed by atoms with Crippen molar-refractivity contribution in [3.63, 3.8) is 0 Å². The predicted octanol–water partition coefficient (Wildman–Crippen LogP) is 1.81. The molecule has 0 spiro atoms. The lowest BCUT2D eigenvalue weighted by Gasteiger charge is -2.36. The fourth-order valence-electron chi connectivity index (χ4n) is 2.42. The van der Waals surface area contributed by atoms with Gasteiger partial charge in [-0.05, 0) is 25.0 Å². The van der Waals surface area contributed by atoms with E-state index >= 15 is 0 Å². The zero-order valence-electron chi connectivity index (χ0n) is 11.0. The number of hydrogen-bond acceptors (Lipinski definition) is 4. The first-order valence-electron chi connectivity index (χ1n) is 6.67. The molecule has 2 rings (SSSR count). The van der Waals surface area contributed by atoms with Gasteiger partial charge in [0.05, 0.1) is 0 Å². The van der Waals surface area contributed by atoms with E-state index in [4.69, 9.17) is 15.7 Å². The molecule has 0 saturated carbocycles. The summed E-state index contributed by atoms with van der Waals surface area (Å²) in [6.45, 7) is 2.36. The molecule has 1 aliphatic heterocycles. The van der Waals surface area contributed by atoms with Gasteiger partial charge in [-0.25, -0.2) is 0 Å². The van der Waals surface area contributed by atoms with Crippen LogP contribution in [0.25, 0.3) is 0 Å². The van der Waals surface area contributed by atoms with Crippen molar-refractivity contribution < 1.29 is 9.94 Å². The van der Waals surface area contributed by atoms with Crippen LogP contribution in [0.1, 0.15) is 19.3 Å². The molecule has 0 atom stereocenters. The number of anilines is 1. The number of hydrogen-bond donors (Lipinski definition) is 2. The maximum absolute atomic E-state index is 8.65. The van der Waals surface area contributed by atoms with Crippen molar-refractivity contribution in [1.29, 1.82) is 0 Å². The number of nitrogens with two attached hydrogens (primary N) is 1. The van der Waals surface area contributed by atoms with Crippen LogP contribution in [-0.2, 0) is 4.74 Å². The highest BCUT2D eigenvalue weighted by atomic mass is 16.5. The van der Waals surface area contributed by atoms with Gasteiger partial charge in [0, 0.05) is 37.9 Å². The molecule has 0 aliphatic carbocycles. The molecule has 0 amide bonds. The second kappa shape index (κ2) is 6.99. The van der Waals surface area contributed by atoms with E-state index in [0.717, 1.165) is 32.6 Å². The van der Waals surface area contributed by atoms with Gasteiger partial charge in [0.25, 0.3) is 0 Å². The third-order valence-electron chi connectivity index (χ3n) is 3.46. The summed E-state index contributed by atoms with van der Waals surface area (Å²) < 4.78 is 5.42. The second-order valence-electron chi connectivity index (χ2n) is 4.71. The number of para-hydroxylation sites is 1. The van der Waals surface area contributed by atoms with Crippen LogP contribution in [0.2, 0.25) is 0 Å². The Morgan fingerprint density at radius 1 is 1.32 bits per heavy atom. The molecule has 0 bridgehead atoms. The van der Waals surface area contributed by atoms with Gasteiger partial charge < -0.3 is 20.6 Å². The highest BCUT2D eigenvalue weighted by Crippen LogP contribution is 2.22. The zero-order chi connectivity index (χ0) is 13.5. The summed E-state index contributed by atoms with van der Waals surface area (Å²) in [6.07, 6.45) is 2.60. The first kappa shape index (κ1) is 13.7. The lowest BCUT2D eigenvalue weighted by Crippen LogP contribution is -2.41. The molecule has 1 aliphatic rings. The van der Waals surface area contributed by atoms with Crippen molar-refractivity contribution >= 4 is 11.5 Å². The summed E-state index contributed by atoms with van der Waals surface area (Å²) in [6, 6.07) is 10.7. The Morgan fingerprint density at radius 2 is 2.00 bits per heavy atom. The SMILES string of the molecule is NC(CCN(c1ccccc1)C1CCOCC1)=NO. The van der Waals surface area contributed by atoms with Crippen LogP contribution in [0.4, 0.5) is 5.69 Å². The molecule has 1 heterocycles. The minimum Gasteiger partial charge on any atom is -0.409 e. The first-order valence-corrected chi connectivity index (χ1v) is 6.67. The van der Waals surface area contributed by atoms with E-state index in [1.165, 1.54) is 5.69 Å². The van der Waals surface area contributed by atoms with Crippen LogP contribution in [0.5, 0.6) is 0 Å². The van der Waals surface area contributed by atoms with Gasteiger partial charge in [0.15, 0.2) is 0 Å². The van der Waals surface area contributed by atoms with E-state index in [1.807, 2.05) is 18.2 Å². The summed E-state index contributed by atoms with van der Waals surface area (Å²) in [5.74, 6) is 0.271. The molecule has 19 heavy (non-hydrogen) atoms. The maximum Gasteiger partial charge on any atom is 0.140 e. The van der Waals surface area contributed by atoms with E-state index < -0.39 is 0 Å². The Kier molecular flexibility index (Phi) is 5.03. The Balaban J connectivity index is 2.08. The Hall–Kier alpha value is -1.75. The fraction of sp³-hybridized carbons (Fsp3) is 0.500. The smallest absolute Gasteiger partial charge is 0.140 e. The lowest BCUT2D eigenvalue weighted by atomic mass is 10.1. The van der Waals surface area contributed by atoms with Crippen LogP contribution in [0.15, 0.2) is 35.5 Å². The van der Waals surface area contributed by atoms with Gasteiger partial charge in [-0.3, -0.25) is 0 Å². The summed E-state index contributed by atoms with van der Waals surface area (Å²) in [5.41, 5.74) is 6.76. The lowest BCUT2D eigenvalue weighted by molar-refractivity contribution is 0.0845. The van der Waals surface area contributed by atoms with Crippen LogP contribution in [0.3, 0.4) is 0 Å². The van der Waals surface area contributed by atoms with Crippen LogP contribution in [0, 0.1) is 0 Å². The molecule has 5 nitrogen and oxygen atoms in total. The van der Waals surface area contributed by atoms with Crippen LogP contribution in [-0.4, -0.2) is 36.8 Å². The van der Waals surface area contributed by atoms with Gasteiger partial charge in [0.2, 0.25) is 0 Å². The minimum atomic E-state index is 0.271. The van der Waals surface area contributed by atoms with Crippen molar-refractivity contribution in [2.45, 2.75) is 25.3 Å². The summed E-state index contributed by atoms with van der Waals surface area (Å²) in [7, 11) is 0. The van der Waals surface area contributed by atoms with E-state index in [0.29, 0.717) is 12.5 Å². The highest BCUT2D eigenvalue weighted by molar-refractivity contribution is 5.80. The van der Waals surface area contributed by atoms with Crippen molar-refractivity contribution in [2.75, 3.05) is 24.7 Å². The predicted molar refractivity (Wildman–Crippen MR) is 75.7 cm³/mol. The molecule has 5 heteroatoms. The molecule has 1 saturated heterocycles. The standard InChI is InChI=1S/C14H21N3O2/c15-14(16-18)6-9-17(12-4-2-1-3-5-12)13-7-10-19-11-8-13/h1-5,13,18H,6-11H2,(H2,15,16). The number of amidine groups is 1. The number of benzene rings is 1. The van der Waals surface area contributed by atoms with Crippen LogP contribution < -0.4 is 10.6 Å². The molecule has 0 radical (unpaired) electrons. The largest absolute Gasteiger partial charge is 0.409 e. The quantitative estimate of drug-likeness (QED) is 0.368. The average Bonchev–Trinajstić information content (AvgIpc) is 2.49. The van der Waals surface area contributed by atoms with Crippen molar-refractivity contribution in [2.24, 2.45) is 10.9 Å². The van der Waals surface area contributed by atoms with Gasteiger partial charge in [0.1, 0.15) is 5.84 Å². The number of oxime groups is 1. The van der Waals surface area contributed by atoms with E-state index in [-0.39, 0.29) is 5.84 Å². The van der Waals surface area contributed by atoms with Crippen LogP contribution >= 0.6 is 0 Å². The van der Waals surface area contributed by atoms with Gasteiger partial charge in [-0.1, -0.05) is 23.4 Å². The first-order chi connectivity index (χ1) is 9.31. The van der Waals surface area contributed by atoms with Crippen molar-refractivity contribution in [3.8, 4) is 0 Å². The molecular formula is C14H21N3O2. The molecule has 0 unspecified atom stereocenters. The number of rotatable bonds is 5. The highest BCUT2D eigenvalue weighted by Gasteiger charge is 2.21. The third kappa shape index (κ3) is 3.86. The fourth-order valence-corrected chi connectivity index (χ4v) is 2.42. The molecule has 1 aromatic rings. The molecule has 1 aromatic carbocycles. The monoisotopic (exact) mass is 263 g/mol. The number of ether oxygens (including phenoxy) is 1. The third-order valence-corrected chi connectivity index (χ3v) is 3.46. The maximum atomic E-state index is 8.65. The minimum absolute atomic E-state index is 0.271. The van der Waals surface area contributed by atoms with E-state index in [1.54, 1.807) is 0 Å². The Morgan fingerprint density at radius 3 is 2.63 bits per heavy atom.